The van der Waals surface area contributed by atoms with Crippen molar-refractivity contribution in [3.05, 3.63) is 64.2 Å². The molecule has 3 heteroatoms. The van der Waals surface area contributed by atoms with Gasteiger partial charge in [-0.05, 0) is 48.1 Å². The molecule has 0 aromatic heterocycles. The van der Waals surface area contributed by atoms with E-state index < -0.39 is 0 Å². The first-order valence-electron chi connectivity index (χ1n) is 6.98. The topological polar surface area (TPSA) is 35.2 Å². The fourth-order valence-electron chi connectivity index (χ4n) is 2.63. The zero-order valence-electron chi connectivity index (χ0n) is 11.3. The number of aryl methyl sites for hydroxylation is 1. The molecule has 0 spiro atoms. The number of nitrogens with two attached hydrogens (primary N) is 1. The van der Waals surface area contributed by atoms with Gasteiger partial charge in [-0.1, -0.05) is 41.9 Å². The molecule has 0 saturated carbocycles. The highest BCUT2D eigenvalue weighted by molar-refractivity contribution is 6.31. The van der Waals surface area contributed by atoms with Gasteiger partial charge in [0.1, 0.15) is 5.75 Å². The van der Waals surface area contributed by atoms with E-state index in [2.05, 4.69) is 12.1 Å². The second-order valence-corrected chi connectivity index (χ2v) is 5.63. The minimum Gasteiger partial charge on any atom is -0.493 e. The molecule has 104 valence electrons. The molecule has 0 radical (unpaired) electrons. The molecular formula is C17H18ClNO. The number of fused-ring (bicyclic) bond motifs is 1. The lowest BCUT2D eigenvalue weighted by Crippen LogP contribution is -2.15. The summed E-state index contributed by atoms with van der Waals surface area (Å²) < 4.78 is 5.63. The van der Waals surface area contributed by atoms with E-state index in [0.29, 0.717) is 0 Å². The molecule has 1 atom stereocenters. The van der Waals surface area contributed by atoms with Crippen molar-refractivity contribution in [2.75, 3.05) is 6.61 Å². The van der Waals surface area contributed by atoms with Gasteiger partial charge in [0.15, 0.2) is 0 Å². The summed E-state index contributed by atoms with van der Waals surface area (Å²) in [5.41, 5.74) is 9.84. The highest BCUT2D eigenvalue weighted by atomic mass is 35.5. The van der Waals surface area contributed by atoms with Gasteiger partial charge in [-0.25, -0.2) is 0 Å². The summed E-state index contributed by atoms with van der Waals surface area (Å²) in [5, 5.41) is 0.782. The van der Waals surface area contributed by atoms with Crippen LogP contribution in [0.15, 0.2) is 42.5 Å². The summed E-state index contributed by atoms with van der Waals surface area (Å²) >= 11 is 6.20. The summed E-state index contributed by atoms with van der Waals surface area (Å²) in [7, 11) is 0. The van der Waals surface area contributed by atoms with Gasteiger partial charge in [-0.2, -0.15) is 0 Å². The molecule has 0 amide bonds. The molecule has 2 aromatic rings. The van der Waals surface area contributed by atoms with Crippen molar-refractivity contribution >= 4 is 11.6 Å². The van der Waals surface area contributed by atoms with E-state index in [1.807, 2.05) is 30.3 Å². The Morgan fingerprint density at radius 3 is 2.90 bits per heavy atom. The smallest absolute Gasteiger partial charge is 0.122 e. The van der Waals surface area contributed by atoms with Crippen molar-refractivity contribution in [2.24, 2.45) is 5.73 Å². The molecule has 0 aliphatic carbocycles. The molecule has 3 rings (SSSR count). The first-order chi connectivity index (χ1) is 9.74. The average molecular weight is 288 g/mol. The van der Waals surface area contributed by atoms with E-state index in [4.69, 9.17) is 22.1 Å². The highest BCUT2D eigenvalue weighted by Crippen LogP contribution is 2.29. The van der Waals surface area contributed by atoms with Gasteiger partial charge in [0, 0.05) is 11.1 Å². The van der Waals surface area contributed by atoms with E-state index in [0.717, 1.165) is 47.8 Å². The van der Waals surface area contributed by atoms with Crippen LogP contribution in [0.2, 0.25) is 5.02 Å². The van der Waals surface area contributed by atoms with Gasteiger partial charge in [0.25, 0.3) is 0 Å². The highest BCUT2D eigenvalue weighted by Gasteiger charge is 2.14. The van der Waals surface area contributed by atoms with E-state index in [9.17, 15) is 0 Å². The molecule has 0 fully saturated rings. The predicted octanol–water partition coefficient (Wildman–Crippen LogP) is 3.91. The molecule has 0 bridgehead atoms. The quantitative estimate of drug-likeness (QED) is 0.929. The first-order valence-corrected chi connectivity index (χ1v) is 7.36. The predicted molar refractivity (Wildman–Crippen MR) is 82.3 cm³/mol. The van der Waals surface area contributed by atoms with Crippen LogP contribution in [0, 0.1) is 0 Å². The Hall–Kier alpha value is -1.51. The maximum Gasteiger partial charge on any atom is 0.122 e. The van der Waals surface area contributed by atoms with E-state index in [-0.39, 0.29) is 6.04 Å². The summed E-state index contributed by atoms with van der Waals surface area (Å²) in [6.07, 6.45) is 2.90. The maximum absolute atomic E-state index is 6.33. The zero-order chi connectivity index (χ0) is 13.9. The third kappa shape index (κ3) is 2.82. The summed E-state index contributed by atoms with van der Waals surface area (Å²) in [6.45, 7) is 0.817. The normalized spacial score (nSPS) is 15.3. The second-order valence-electron chi connectivity index (χ2n) is 5.22. The van der Waals surface area contributed by atoms with Crippen molar-refractivity contribution in [3.63, 3.8) is 0 Å². The van der Waals surface area contributed by atoms with E-state index in [1.54, 1.807) is 0 Å². The van der Waals surface area contributed by atoms with Crippen LogP contribution in [0.5, 0.6) is 5.75 Å². The number of hydrogen-bond acceptors (Lipinski definition) is 2. The lowest BCUT2D eigenvalue weighted by molar-refractivity contribution is 0.288. The van der Waals surface area contributed by atoms with Crippen LogP contribution in [0.4, 0.5) is 0 Å². The minimum absolute atomic E-state index is 0.0397. The van der Waals surface area contributed by atoms with Crippen LogP contribution in [0.3, 0.4) is 0 Å². The molecular weight excluding hydrogens is 270 g/mol. The average Bonchev–Trinajstić information content (AvgIpc) is 2.49. The monoisotopic (exact) mass is 287 g/mol. The minimum atomic E-state index is -0.0397. The molecule has 1 aliphatic heterocycles. The molecule has 1 heterocycles. The Morgan fingerprint density at radius 1 is 1.20 bits per heavy atom. The summed E-state index contributed by atoms with van der Waals surface area (Å²) in [5.74, 6) is 1.00. The Kier molecular flexibility index (Phi) is 3.95. The largest absolute Gasteiger partial charge is 0.493 e. The molecule has 2 nitrogen and oxygen atoms in total. The standard InChI is InChI=1S/C17H18ClNO/c18-15-6-2-1-4-12(15)11-16(19)13-7-8-17-14(10-13)5-3-9-20-17/h1-2,4,6-8,10,16H,3,5,9,11,19H2. The first kappa shape index (κ1) is 13.5. The third-order valence-corrected chi connectivity index (χ3v) is 4.13. The van der Waals surface area contributed by atoms with Gasteiger partial charge in [-0.15, -0.1) is 0 Å². The van der Waals surface area contributed by atoms with Crippen LogP contribution in [0.1, 0.15) is 29.2 Å². The Balaban J connectivity index is 1.80. The van der Waals surface area contributed by atoms with Crippen molar-refractivity contribution < 1.29 is 4.74 Å². The molecule has 2 N–H and O–H groups in total. The van der Waals surface area contributed by atoms with Gasteiger partial charge in [-0.3, -0.25) is 0 Å². The molecule has 1 aliphatic rings. The SMILES string of the molecule is NC(Cc1ccccc1Cl)c1ccc2c(c1)CCCO2. The van der Waals surface area contributed by atoms with Gasteiger partial charge >= 0.3 is 0 Å². The Labute approximate surface area is 124 Å². The van der Waals surface area contributed by atoms with Crippen LogP contribution >= 0.6 is 11.6 Å². The van der Waals surface area contributed by atoms with E-state index in [1.165, 1.54) is 5.56 Å². The van der Waals surface area contributed by atoms with Crippen LogP contribution in [-0.4, -0.2) is 6.61 Å². The summed E-state index contributed by atoms with van der Waals surface area (Å²) in [4.78, 5) is 0. The van der Waals surface area contributed by atoms with Gasteiger partial charge < -0.3 is 10.5 Å². The van der Waals surface area contributed by atoms with Crippen molar-refractivity contribution in [1.29, 1.82) is 0 Å². The lowest BCUT2D eigenvalue weighted by Gasteiger charge is -2.20. The van der Waals surface area contributed by atoms with Crippen molar-refractivity contribution in [3.8, 4) is 5.75 Å². The number of halogens is 1. The van der Waals surface area contributed by atoms with Crippen LogP contribution < -0.4 is 10.5 Å². The maximum atomic E-state index is 6.33. The fraction of sp³-hybridized carbons (Fsp3) is 0.294. The van der Waals surface area contributed by atoms with Gasteiger partial charge in [0.05, 0.1) is 6.61 Å². The Bertz CT molecular complexity index is 612. The number of benzene rings is 2. The summed E-state index contributed by atoms with van der Waals surface area (Å²) in [6, 6.07) is 14.1. The number of ether oxygens (including phenoxy) is 1. The van der Waals surface area contributed by atoms with Crippen molar-refractivity contribution in [1.82, 2.24) is 0 Å². The zero-order valence-corrected chi connectivity index (χ0v) is 12.1. The van der Waals surface area contributed by atoms with Crippen LogP contribution in [-0.2, 0) is 12.8 Å². The van der Waals surface area contributed by atoms with Crippen molar-refractivity contribution in [2.45, 2.75) is 25.3 Å². The second kappa shape index (κ2) is 5.86. The van der Waals surface area contributed by atoms with E-state index >= 15 is 0 Å². The van der Waals surface area contributed by atoms with Gasteiger partial charge in [0.2, 0.25) is 0 Å². The molecule has 0 saturated heterocycles. The molecule has 1 unspecified atom stereocenters. The Morgan fingerprint density at radius 2 is 2.05 bits per heavy atom. The fourth-order valence-corrected chi connectivity index (χ4v) is 2.84. The molecule has 2 aromatic carbocycles. The van der Waals surface area contributed by atoms with Crippen LogP contribution in [0.25, 0.3) is 0 Å². The lowest BCUT2D eigenvalue weighted by atomic mass is 9.96. The molecule has 20 heavy (non-hydrogen) atoms. The third-order valence-electron chi connectivity index (χ3n) is 3.76. The number of hydrogen-bond donors (Lipinski definition) is 1. The number of rotatable bonds is 3.